The number of nitrogens with one attached hydrogen (secondary N) is 1. The van der Waals surface area contributed by atoms with Gasteiger partial charge in [-0.3, -0.25) is 4.79 Å². The zero-order valence-electron chi connectivity index (χ0n) is 11.0. The number of H-pyrrole nitrogens is 1. The number of benzene rings is 1. The Morgan fingerprint density at radius 3 is 2.58 bits per heavy atom. The van der Waals surface area contributed by atoms with Crippen LogP contribution in [0.25, 0.3) is 10.9 Å². The molecule has 1 aromatic carbocycles. The van der Waals surface area contributed by atoms with Gasteiger partial charge < -0.3 is 10.1 Å². The van der Waals surface area contributed by atoms with E-state index < -0.39 is 0 Å². The van der Waals surface area contributed by atoms with E-state index in [0.29, 0.717) is 23.9 Å². The van der Waals surface area contributed by atoms with E-state index in [-0.39, 0.29) is 11.3 Å². The number of aromatic amines is 1. The van der Waals surface area contributed by atoms with Crippen molar-refractivity contribution in [1.82, 2.24) is 4.98 Å². The van der Waals surface area contributed by atoms with Crippen molar-refractivity contribution in [3.05, 3.63) is 64.5 Å². The SMILES string of the molecule is C=CCc1cc2c(C)cc(=O)[nH]c2c(CC=C)c1O. The lowest BCUT2D eigenvalue weighted by Crippen LogP contribution is -2.07. The summed E-state index contributed by atoms with van der Waals surface area (Å²) in [4.78, 5) is 14.4. The van der Waals surface area contributed by atoms with E-state index in [1.165, 1.54) is 0 Å². The third kappa shape index (κ3) is 2.32. The number of hydrogen-bond acceptors (Lipinski definition) is 2. The minimum Gasteiger partial charge on any atom is -0.507 e. The number of phenolic OH excluding ortho intramolecular Hbond substituents is 1. The molecule has 0 spiro atoms. The maximum atomic E-state index is 11.6. The average molecular weight is 255 g/mol. The smallest absolute Gasteiger partial charge is 0.248 e. The molecule has 0 atom stereocenters. The van der Waals surface area contributed by atoms with Gasteiger partial charge in [0.05, 0.1) is 5.52 Å². The molecule has 3 nitrogen and oxygen atoms in total. The van der Waals surface area contributed by atoms with Gasteiger partial charge in [0.15, 0.2) is 0 Å². The third-order valence-electron chi connectivity index (χ3n) is 3.21. The van der Waals surface area contributed by atoms with Gasteiger partial charge in [0.25, 0.3) is 0 Å². The molecular formula is C16H17NO2. The lowest BCUT2D eigenvalue weighted by Gasteiger charge is -2.13. The molecule has 0 bridgehead atoms. The standard InChI is InChI=1S/C16H17NO2/c1-4-6-11-9-13-10(3)8-14(18)17-15(13)12(7-5-2)16(11)19/h4-5,8-9,19H,1-2,6-7H2,3H3,(H,17,18). The van der Waals surface area contributed by atoms with Gasteiger partial charge in [0.2, 0.25) is 5.56 Å². The van der Waals surface area contributed by atoms with Crippen molar-refractivity contribution in [2.24, 2.45) is 0 Å². The van der Waals surface area contributed by atoms with Gasteiger partial charge in [-0.1, -0.05) is 12.2 Å². The fourth-order valence-corrected chi connectivity index (χ4v) is 2.33. The largest absolute Gasteiger partial charge is 0.507 e. The highest BCUT2D eigenvalue weighted by molar-refractivity contribution is 5.88. The molecule has 0 saturated heterocycles. The van der Waals surface area contributed by atoms with Crippen molar-refractivity contribution in [3.63, 3.8) is 0 Å². The van der Waals surface area contributed by atoms with E-state index in [1.807, 2.05) is 13.0 Å². The first-order valence-electron chi connectivity index (χ1n) is 6.17. The number of pyridine rings is 1. The number of phenols is 1. The van der Waals surface area contributed by atoms with Gasteiger partial charge in [-0.05, 0) is 37.0 Å². The van der Waals surface area contributed by atoms with E-state index >= 15 is 0 Å². The molecule has 98 valence electrons. The Labute approximate surface area is 111 Å². The monoisotopic (exact) mass is 255 g/mol. The first kappa shape index (κ1) is 13.1. The summed E-state index contributed by atoms with van der Waals surface area (Å²) in [5.74, 6) is 0.216. The third-order valence-corrected chi connectivity index (χ3v) is 3.21. The number of fused-ring (bicyclic) bond motifs is 1. The zero-order valence-corrected chi connectivity index (χ0v) is 11.0. The summed E-state index contributed by atoms with van der Waals surface area (Å²) in [7, 11) is 0. The summed E-state index contributed by atoms with van der Waals surface area (Å²) in [5, 5.41) is 11.3. The summed E-state index contributed by atoms with van der Waals surface area (Å²) in [6.45, 7) is 9.29. The molecule has 19 heavy (non-hydrogen) atoms. The highest BCUT2D eigenvalue weighted by atomic mass is 16.3. The van der Waals surface area contributed by atoms with E-state index in [0.717, 1.165) is 16.5 Å². The normalized spacial score (nSPS) is 10.6. The summed E-state index contributed by atoms with van der Waals surface area (Å²) in [6, 6.07) is 3.47. The Kier molecular flexibility index (Phi) is 3.56. The summed E-state index contributed by atoms with van der Waals surface area (Å²) in [6.07, 6.45) is 4.56. The summed E-state index contributed by atoms with van der Waals surface area (Å²) < 4.78 is 0. The summed E-state index contributed by atoms with van der Waals surface area (Å²) >= 11 is 0. The van der Waals surface area contributed by atoms with Gasteiger partial charge in [-0.25, -0.2) is 0 Å². The fraction of sp³-hybridized carbons (Fsp3) is 0.188. The van der Waals surface area contributed by atoms with E-state index in [4.69, 9.17) is 0 Å². The summed E-state index contributed by atoms with van der Waals surface area (Å²) in [5.41, 5.74) is 2.95. The molecule has 0 radical (unpaired) electrons. The molecule has 1 aromatic heterocycles. The predicted octanol–water partition coefficient (Wildman–Crippen LogP) is 3.00. The minimum atomic E-state index is -0.161. The minimum absolute atomic E-state index is 0.161. The maximum Gasteiger partial charge on any atom is 0.248 e. The van der Waals surface area contributed by atoms with Crippen LogP contribution in [-0.4, -0.2) is 10.1 Å². The van der Waals surface area contributed by atoms with Gasteiger partial charge in [0.1, 0.15) is 5.75 Å². The second-order valence-corrected chi connectivity index (χ2v) is 4.59. The molecule has 2 aromatic rings. The van der Waals surface area contributed by atoms with Crippen LogP contribution in [0, 0.1) is 6.92 Å². The second-order valence-electron chi connectivity index (χ2n) is 4.59. The molecule has 0 aliphatic rings. The molecule has 0 aliphatic heterocycles. The van der Waals surface area contributed by atoms with E-state index in [2.05, 4.69) is 18.1 Å². The Hall–Kier alpha value is -2.29. The molecule has 2 N–H and O–H groups in total. The van der Waals surface area contributed by atoms with Crippen LogP contribution in [-0.2, 0) is 12.8 Å². The van der Waals surface area contributed by atoms with E-state index in [1.54, 1.807) is 18.2 Å². The van der Waals surface area contributed by atoms with Crippen LogP contribution in [0.4, 0.5) is 0 Å². The van der Waals surface area contributed by atoms with Crippen molar-refractivity contribution in [2.45, 2.75) is 19.8 Å². The lowest BCUT2D eigenvalue weighted by atomic mass is 9.97. The van der Waals surface area contributed by atoms with Gasteiger partial charge >= 0.3 is 0 Å². The van der Waals surface area contributed by atoms with Crippen molar-refractivity contribution in [1.29, 1.82) is 0 Å². The molecule has 0 aliphatic carbocycles. The van der Waals surface area contributed by atoms with Crippen LogP contribution in [0.5, 0.6) is 5.75 Å². The highest BCUT2D eigenvalue weighted by Crippen LogP contribution is 2.32. The fourth-order valence-electron chi connectivity index (χ4n) is 2.33. The molecule has 3 heteroatoms. The Bertz CT molecular complexity index is 711. The number of aromatic nitrogens is 1. The predicted molar refractivity (Wildman–Crippen MR) is 78.8 cm³/mol. The molecule has 0 amide bonds. The highest BCUT2D eigenvalue weighted by Gasteiger charge is 2.13. The number of aromatic hydroxyl groups is 1. The topological polar surface area (TPSA) is 53.1 Å². The van der Waals surface area contributed by atoms with Crippen LogP contribution < -0.4 is 5.56 Å². The number of allylic oxidation sites excluding steroid dienone is 2. The quantitative estimate of drug-likeness (QED) is 0.825. The average Bonchev–Trinajstić information content (AvgIpc) is 2.36. The lowest BCUT2D eigenvalue weighted by molar-refractivity contribution is 0.465. The van der Waals surface area contributed by atoms with E-state index in [9.17, 15) is 9.90 Å². The van der Waals surface area contributed by atoms with Crippen LogP contribution >= 0.6 is 0 Å². The van der Waals surface area contributed by atoms with Gasteiger partial charge in [-0.2, -0.15) is 0 Å². The molecular weight excluding hydrogens is 238 g/mol. The molecule has 0 saturated carbocycles. The van der Waals surface area contributed by atoms with Crippen LogP contribution in [0.15, 0.2) is 42.2 Å². The first-order valence-corrected chi connectivity index (χ1v) is 6.17. The van der Waals surface area contributed by atoms with Crippen molar-refractivity contribution < 1.29 is 5.11 Å². The molecule has 1 heterocycles. The van der Waals surface area contributed by atoms with Crippen LogP contribution in [0.3, 0.4) is 0 Å². The van der Waals surface area contributed by atoms with Crippen molar-refractivity contribution in [3.8, 4) is 5.75 Å². The maximum absolute atomic E-state index is 11.6. The Balaban J connectivity index is 2.90. The van der Waals surface area contributed by atoms with Crippen molar-refractivity contribution >= 4 is 10.9 Å². The molecule has 2 rings (SSSR count). The van der Waals surface area contributed by atoms with Gasteiger partial charge in [-0.15, -0.1) is 13.2 Å². The zero-order chi connectivity index (χ0) is 14.0. The number of hydrogen-bond donors (Lipinski definition) is 2. The number of aryl methyl sites for hydroxylation is 1. The van der Waals surface area contributed by atoms with Crippen LogP contribution in [0.2, 0.25) is 0 Å². The first-order chi connectivity index (χ1) is 9.08. The Morgan fingerprint density at radius 2 is 1.95 bits per heavy atom. The van der Waals surface area contributed by atoms with Gasteiger partial charge in [0, 0.05) is 17.0 Å². The number of rotatable bonds is 4. The molecule has 0 fully saturated rings. The Morgan fingerprint density at radius 1 is 1.26 bits per heavy atom. The second kappa shape index (κ2) is 5.14. The molecule has 0 unspecified atom stereocenters. The van der Waals surface area contributed by atoms with Crippen LogP contribution in [0.1, 0.15) is 16.7 Å². The van der Waals surface area contributed by atoms with Crippen molar-refractivity contribution in [2.75, 3.05) is 0 Å².